The van der Waals surface area contributed by atoms with Crippen molar-refractivity contribution in [1.29, 1.82) is 0 Å². The lowest BCUT2D eigenvalue weighted by molar-refractivity contribution is -0.143. The Labute approximate surface area is 104 Å². The molecule has 7 heteroatoms. The molecule has 0 heterocycles. The molecule has 0 fully saturated rings. The molecule has 0 saturated heterocycles. The lowest BCUT2D eigenvalue weighted by Gasteiger charge is -2.19. The summed E-state index contributed by atoms with van der Waals surface area (Å²) in [5.41, 5.74) is 4.91. The standard InChI is InChI=1S/C10H18N2O4S/c1-3-6(2)9(10(15)16)12-8(14)5-17-4-7(11)13/h6,9H,3-5H2,1-2H3,(H2,11,13)(H,12,14)(H,15,16)/t6-,9-/m0/s1. The average Bonchev–Trinajstić information content (AvgIpc) is 2.24. The zero-order chi connectivity index (χ0) is 13.4. The van der Waals surface area contributed by atoms with Gasteiger partial charge in [-0.1, -0.05) is 20.3 Å². The zero-order valence-corrected chi connectivity index (χ0v) is 10.8. The highest BCUT2D eigenvalue weighted by molar-refractivity contribution is 8.00. The molecule has 0 aromatic heterocycles. The van der Waals surface area contributed by atoms with Crippen LogP contribution >= 0.6 is 11.8 Å². The second-order valence-corrected chi connectivity index (χ2v) is 4.71. The fourth-order valence-corrected chi connectivity index (χ4v) is 1.71. The molecule has 98 valence electrons. The Morgan fingerprint density at radius 2 is 1.94 bits per heavy atom. The summed E-state index contributed by atoms with van der Waals surface area (Å²) in [7, 11) is 0. The van der Waals surface area contributed by atoms with Crippen molar-refractivity contribution < 1.29 is 19.5 Å². The number of amides is 2. The van der Waals surface area contributed by atoms with E-state index in [1.807, 2.05) is 6.92 Å². The van der Waals surface area contributed by atoms with Gasteiger partial charge in [0.15, 0.2) is 0 Å². The highest BCUT2D eigenvalue weighted by atomic mass is 32.2. The van der Waals surface area contributed by atoms with Gasteiger partial charge in [0.25, 0.3) is 0 Å². The molecular weight excluding hydrogens is 244 g/mol. The van der Waals surface area contributed by atoms with E-state index >= 15 is 0 Å². The maximum Gasteiger partial charge on any atom is 0.326 e. The fraction of sp³-hybridized carbons (Fsp3) is 0.700. The largest absolute Gasteiger partial charge is 0.480 e. The van der Waals surface area contributed by atoms with Crippen molar-refractivity contribution in [2.24, 2.45) is 11.7 Å². The van der Waals surface area contributed by atoms with Crippen LogP contribution in [0, 0.1) is 5.92 Å². The summed E-state index contributed by atoms with van der Waals surface area (Å²) in [5, 5.41) is 11.4. The van der Waals surface area contributed by atoms with E-state index in [0.717, 1.165) is 11.8 Å². The summed E-state index contributed by atoms with van der Waals surface area (Å²) < 4.78 is 0. The smallest absolute Gasteiger partial charge is 0.326 e. The Hall–Kier alpha value is -1.24. The van der Waals surface area contributed by atoms with Crippen molar-refractivity contribution in [3.8, 4) is 0 Å². The predicted molar refractivity (Wildman–Crippen MR) is 65.5 cm³/mol. The normalized spacial score (nSPS) is 13.8. The number of thioether (sulfide) groups is 1. The summed E-state index contributed by atoms with van der Waals surface area (Å²) in [6.07, 6.45) is 0.658. The Kier molecular flexibility index (Phi) is 7.36. The van der Waals surface area contributed by atoms with Gasteiger partial charge >= 0.3 is 5.97 Å². The Morgan fingerprint density at radius 1 is 1.35 bits per heavy atom. The van der Waals surface area contributed by atoms with E-state index in [4.69, 9.17) is 10.8 Å². The number of rotatable bonds is 8. The van der Waals surface area contributed by atoms with E-state index in [-0.39, 0.29) is 17.4 Å². The molecule has 0 unspecified atom stereocenters. The van der Waals surface area contributed by atoms with Crippen LogP contribution in [-0.4, -0.2) is 40.4 Å². The highest BCUT2D eigenvalue weighted by Gasteiger charge is 2.24. The van der Waals surface area contributed by atoms with Gasteiger partial charge in [-0.3, -0.25) is 9.59 Å². The number of nitrogens with two attached hydrogens (primary N) is 1. The molecule has 0 aromatic carbocycles. The van der Waals surface area contributed by atoms with E-state index in [2.05, 4.69) is 5.32 Å². The predicted octanol–water partition coefficient (Wildman–Crippen LogP) is -0.180. The van der Waals surface area contributed by atoms with Crippen LogP contribution in [0.25, 0.3) is 0 Å². The molecule has 0 radical (unpaired) electrons. The molecular formula is C10H18N2O4S. The molecule has 0 aliphatic heterocycles. The quantitative estimate of drug-likeness (QED) is 0.562. The third kappa shape index (κ3) is 6.83. The summed E-state index contributed by atoms with van der Waals surface area (Å²) in [6, 6.07) is -0.887. The van der Waals surface area contributed by atoms with Crippen LogP contribution in [0.15, 0.2) is 0 Å². The maximum absolute atomic E-state index is 11.4. The number of hydrogen-bond acceptors (Lipinski definition) is 4. The molecule has 4 N–H and O–H groups in total. The minimum absolute atomic E-state index is 0.0309. The second-order valence-electron chi connectivity index (χ2n) is 3.73. The van der Waals surface area contributed by atoms with Crippen molar-refractivity contribution >= 4 is 29.5 Å². The van der Waals surface area contributed by atoms with Crippen molar-refractivity contribution in [1.82, 2.24) is 5.32 Å². The van der Waals surface area contributed by atoms with Crippen LogP contribution in [0.4, 0.5) is 0 Å². The number of nitrogens with one attached hydrogen (secondary N) is 1. The van der Waals surface area contributed by atoms with Crippen molar-refractivity contribution in [3.63, 3.8) is 0 Å². The zero-order valence-electron chi connectivity index (χ0n) is 9.93. The van der Waals surface area contributed by atoms with Crippen LogP contribution < -0.4 is 11.1 Å². The van der Waals surface area contributed by atoms with Gasteiger partial charge in [0.05, 0.1) is 11.5 Å². The number of hydrogen-bond donors (Lipinski definition) is 3. The van der Waals surface area contributed by atoms with E-state index in [1.165, 1.54) is 0 Å². The molecule has 0 bridgehead atoms. The average molecular weight is 262 g/mol. The van der Waals surface area contributed by atoms with E-state index < -0.39 is 23.8 Å². The van der Waals surface area contributed by atoms with Gasteiger partial charge in [0.1, 0.15) is 6.04 Å². The second kappa shape index (κ2) is 7.94. The first-order chi connectivity index (χ1) is 7.88. The fourth-order valence-electron chi connectivity index (χ4n) is 1.14. The molecule has 2 atom stereocenters. The molecule has 0 aliphatic carbocycles. The molecule has 6 nitrogen and oxygen atoms in total. The molecule has 2 amide bonds. The number of carboxylic acids is 1. The van der Waals surface area contributed by atoms with Gasteiger partial charge in [-0.05, 0) is 5.92 Å². The van der Waals surface area contributed by atoms with E-state index in [1.54, 1.807) is 6.92 Å². The Morgan fingerprint density at radius 3 is 2.35 bits per heavy atom. The maximum atomic E-state index is 11.4. The van der Waals surface area contributed by atoms with Crippen LogP contribution in [0.2, 0.25) is 0 Å². The van der Waals surface area contributed by atoms with Gasteiger partial charge < -0.3 is 16.2 Å². The van der Waals surface area contributed by atoms with Crippen molar-refractivity contribution in [3.05, 3.63) is 0 Å². The number of carbonyl (C=O) groups is 3. The Balaban J connectivity index is 4.13. The molecule has 0 aliphatic rings. The van der Waals surface area contributed by atoms with Gasteiger partial charge in [-0.25, -0.2) is 4.79 Å². The first-order valence-electron chi connectivity index (χ1n) is 5.26. The lowest BCUT2D eigenvalue weighted by atomic mass is 9.99. The molecule has 17 heavy (non-hydrogen) atoms. The Bertz CT molecular complexity index is 296. The molecule has 0 aromatic rings. The first kappa shape index (κ1) is 15.8. The monoisotopic (exact) mass is 262 g/mol. The topological polar surface area (TPSA) is 109 Å². The van der Waals surface area contributed by atoms with Crippen LogP contribution in [0.1, 0.15) is 20.3 Å². The summed E-state index contributed by atoms with van der Waals surface area (Å²) in [5.74, 6) is -2.01. The minimum atomic E-state index is -1.05. The number of aliphatic carboxylic acids is 1. The molecule has 0 saturated carbocycles. The minimum Gasteiger partial charge on any atom is -0.480 e. The van der Waals surface area contributed by atoms with E-state index in [9.17, 15) is 14.4 Å². The van der Waals surface area contributed by atoms with Crippen LogP contribution in [0.3, 0.4) is 0 Å². The van der Waals surface area contributed by atoms with Gasteiger partial charge in [-0.2, -0.15) is 0 Å². The van der Waals surface area contributed by atoms with Crippen molar-refractivity contribution in [2.45, 2.75) is 26.3 Å². The molecule has 0 spiro atoms. The van der Waals surface area contributed by atoms with E-state index in [0.29, 0.717) is 6.42 Å². The SMILES string of the molecule is CC[C@H](C)[C@H](NC(=O)CSCC(N)=O)C(=O)O. The lowest BCUT2D eigenvalue weighted by Crippen LogP contribution is -2.45. The van der Waals surface area contributed by atoms with Crippen molar-refractivity contribution in [2.75, 3.05) is 11.5 Å². The number of carboxylic acid groups (broad SMARTS) is 1. The number of primary amides is 1. The molecule has 0 rings (SSSR count). The third-order valence-corrected chi connectivity index (χ3v) is 3.23. The van der Waals surface area contributed by atoms with Gasteiger partial charge in [-0.15, -0.1) is 11.8 Å². The summed E-state index contributed by atoms with van der Waals surface area (Å²) in [4.78, 5) is 32.8. The van der Waals surface area contributed by atoms with Gasteiger partial charge in [0.2, 0.25) is 11.8 Å². The van der Waals surface area contributed by atoms with Crippen LogP contribution in [-0.2, 0) is 14.4 Å². The number of carbonyl (C=O) groups excluding carboxylic acids is 2. The first-order valence-corrected chi connectivity index (χ1v) is 6.42. The third-order valence-electron chi connectivity index (χ3n) is 2.27. The summed E-state index contributed by atoms with van der Waals surface area (Å²) >= 11 is 1.06. The van der Waals surface area contributed by atoms with Crippen LogP contribution in [0.5, 0.6) is 0 Å². The summed E-state index contributed by atoms with van der Waals surface area (Å²) in [6.45, 7) is 3.62. The highest BCUT2D eigenvalue weighted by Crippen LogP contribution is 2.08. The van der Waals surface area contributed by atoms with Gasteiger partial charge in [0, 0.05) is 0 Å².